The van der Waals surface area contributed by atoms with Crippen LogP contribution in [0.15, 0.2) is 17.1 Å². The van der Waals surface area contributed by atoms with E-state index in [1.807, 2.05) is 19.1 Å². The van der Waals surface area contributed by atoms with Gasteiger partial charge in [0.2, 0.25) is 0 Å². The van der Waals surface area contributed by atoms with Crippen LogP contribution in [-0.2, 0) is 6.54 Å². The van der Waals surface area contributed by atoms with Gasteiger partial charge in [-0.2, -0.15) is 0 Å². The minimum atomic E-state index is 0.326. The summed E-state index contributed by atoms with van der Waals surface area (Å²) in [4.78, 5) is 4.55. The van der Waals surface area contributed by atoms with Crippen LogP contribution < -0.4 is 20.1 Å². The Morgan fingerprint density at radius 2 is 2.10 bits per heavy atom. The molecule has 0 radical (unpaired) electrons. The van der Waals surface area contributed by atoms with Gasteiger partial charge < -0.3 is 20.1 Å². The number of nitrogens with zero attached hydrogens (tertiary/aromatic N) is 1. The summed E-state index contributed by atoms with van der Waals surface area (Å²) in [6.45, 7) is 8.62. The van der Waals surface area contributed by atoms with Crippen molar-refractivity contribution in [3.8, 4) is 11.5 Å². The average molecular weight is 312 g/mol. The molecule has 21 heavy (non-hydrogen) atoms. The summed E-state index contributed by atoms with van der Waals surface area (Å²) in [5, 5.41) is 7.06. The third-order valence-corrected chi connectivity index (χ3v) is 3.13. The largest absolute Gasteiger partial charge is 0.486 e. The first kappa shape index (κ1) is 15.8. The van der Waals surface area contributed by atoms with E-state index in [0.29, 0.717) is 42.3 Å². The average Bonchev–Trinajstić information content (AvgIpc) is 2.44. The Bertz CT molecular complexity index is 518. The lowest BCUT2D eigenvalue weighted by Crippen LogP contribution is -2.41. The van der Waals surface area contributed by atoms with Gasteiger partial charge in [0.25, 0.3) is 0 Å². The number of fused-ring (bicyclic) bond motifs is 1. The van der Waals surface area contributed by atoms with Crippen molar-refractivity contribution in [1.29, 1.82) is 0 Å². The number of hydrogen-bond acceptors (Lipinski definition) is 3. The normalized spacial score (nSPS) is 14.2. The Hall–Kier alpha value is -1.62. The van der Waals surface area contributed by atoms with E-state index in [2.05, 4.69) is 29.5 Å². The molecule has 2 rings (SSSR count). The van der Waals surface area contributed by atoms with E-state index in [1.165, 1.54) is 0 Å². The molecule has 5 nitrogen and oxygen atoms in total. The Morgan fingerprint density at radius 3 is 2.81 bits per heavy atom. The summed E-state index contributed by atoms with van der Waals surface area (Å²) >= 11 is 6.22. The molecule has 0 bridgehead atoms. The molecular formula is C15H22ClN3O2. The van der Waals surface area contributed by atoms with Gasteiger partial charge in [-0.15, -0.1) is 0 Å². The van der Waals surface area contributed by atoms with Crippen molar-refractivity contribution in [3.05, 3.63) is 22.7 Å². The van der Waals surface area contributed by atoms with Gasteiger partial charge >= 0.3 is 0 Å². The van der Waals surface area contributed by atoms with Crippen molar-refractivity contribution in [1.82, 2.24) is 10.6 Å². The van der Waals surface area contributed by atoms with E-state index in [9.17, 15) is 0 Å². The first-order valence-corrected chi connectivity index (χ1v) is 7.60. The third kappa shape index (κ3) is 4.43. The van der Waals surface area contributed by atoms with E-state index in [4.69, 9.17) is 21.1 Å². The Labute approximate surface area is 130 Å². The number of rotatable bonds is 4. The highest BCUT2D eigenvalue weighted by Crippen LogP contribution is 2.38. The molecule has 1 aliphatic heterocycles. The summed E-state index contributed by atoms with van der Waals surface area (Å²) in [6, 6.07) is 4.13. The zero-order chi connectivity index (χ0) is 15.2. The summed E-state index contributed by atoms with van der Waals surface area (Å²) in [6.07, 6.45) is 0. The van der Waals surface area contributed by atoms with Crippen LogP contribution in [-0.4, -0.2) is 31.8 Å². The first-order chi connectivity index (χ1) is 10.1. The number of aliphatic imine (C=N–C) groups is 1. The molecule has 0 aliphatic carbocycles. The zero-order valence-electron chi connectivity index (χ0n) is 12.7. The Morgan fingerprint density at radius 1 is 1.33 bits per heavy atom. The first-order valence-electron chi connectivity index (χ1n) is 7.23. The maximum Gasteiger partial charge on any atom is 0.191 e. The van der Waals surface area contributed by atoms with Crippen LogP contribution in [0.2, 0.25) is 5.02 Å². The molecule has 2 N–H and O–H groups in total. The van der Waals surface area contributed by atoms with Crippen LogP contribution in [0.25, 0.3) is 0 Å². The van der Waals surface area contributed by atoms with Crippen molar-refractivity contribution < 1.29 is 9.47 Å². The molecular weight excluding hydrogens is 290 g/mol. The SMILES string of the molecule is CCNC(=NCc1cc(Cl)c2c(c1)OCCO2)NC(C)C. The van der Waals surface area contributed by atoms with E-state index in [1.54, 1.807) is 0 Å². The molecule has 6 heteroatoms. The molecule has 116 valence electrons. The van der Waals surface area contributed by atoms with E-state index in [-0.39, 0.29) is 0 Å². The highest BCUT2D eigenvalue weighted by atomic mass is 35.5. The van der Waals surface area contributed by atoms with Gasteiger partial charge in [-0.3, -0.25) is 0 Å². The van der Waals surface area contributed by atoms with E-state index in [0.717, 1.165) is 18.1 Å². The van der Waals surface area contributed by atoms with Crippen molar-refractivity contribution in [2.24, 2.45) is 4.99 Å². The standard InChI is InChI=1S/C15H22ClN3O2/c1-4-17-15(19-10(2)3)18-9-11-7-12(16)14-13(8-11)20-5-6-21-14/h7-8,10H,4-6,9H2,1-3H3,(H2,17,18,19). The molecule has 0 fully saturated rings. The maximum absolute atomic E-state index is 6.22. The number of guanidine groups is 1. The summed E-state index contributed by atoms with van der Waals surface area (Å²) in [5.41, 5.74) is 0.991. The van der Waals surface area contributed by atoms with Crippen molar-refractivity contribution in [2.45, 2.75) is 33.4 Å². The lowest BCUT2D eigenvalue weighted by Gasteiger charge is -2.20. The van der Waals surface area contributed by atoms with Gasteiger partial charge in [0.05, 0.1) is 11.6 Å². The van der Waals surface area contributed by atoms with Gasteiger partial charge in [-0.05, 0) is 38.5 Å². The second-order valence-corrected chi connectivity index (χ2v) is 5.50. The molecule has 1 heterocycles. The molecule has 0 saturated heterocycles. The van der Waals surface area contributed by atoms with Crippen molar-refractivity contribution >= 4 is 17.6 Å². The van der Waals surface area contributed by atoms with Crippen LogP contribution in [0.3, 0.4) is 0 Å². The quantitative estimate of drug-likeness (QED) is 0.663. The number of hydrogen-bond donors (Lipinski definition) is 2. The van der Waals surface area contributed by atoms with Crippen LogP contribution in [0, 0.1) is 0 Å². The lowest BCUT2D eigenvalue weighted by atomic mass is 10.2. The third-order valence-electron chi connectivity index (χ3n) is 2.85. The van der Waals surface area contributed by atoms with Crippen molar-refractivity contribution in [3.63, 3.8) is 0 Å². The monoisotopic (exact) mass is 311 g/mol. The van der Waals surface area contributed by atoms with E-state index < -0.39 is 0 Å². The fraction of sp³-hybridized carbons (Fsp3) is 0.533. The fourth-order valence-corrected chi connectivity index (χ4v) is 2.31. The van der Waals surface area contributed by atoms with Gasteiger partial charge in [0, 0.05) is 12.6 Å². The fourth-order valence-electron chi connectivity index (χ4n) is 2.02. The molecule has 0 unspecified atom stereocenters. The Kier molecular flexibility index (Phi) is 5.56. The minimum absolute atomic E-state index is 0.326. The highest BCUT2D eigenvalue weighted by Gasteiger charge is 2.16. The maximum atomic E-state index is 6.22. The summed E-state index contributed by atoms with van der Waals surface area (Å²) in [5.74, 6) is 2.11. The molecule has 0 spiro atoms. The van der Waals surface area contributed by atoms with Crippen LogP contribution in [0.5, 0.6) is 11.5 Å². The summed E-state index contributed by atoms with van der Waals surface area (Å²) < 4.78 is 11.1. The number of halogens is 1. The second kappa shape index (κ2) is 7.41. The number of ether oxygens (including phenoxy) is 2. The Balaban J connectivity index is 2.13. The highest BCUT2D eigenvalue weighted by molar-refractivity contribution is 6.32. The smallest absolute Gasteiger partial charge is 0.191 e. The molecule has 0 aromatic heterocycles. The molecule has 1 aliphatic rings. The summed E-state index contributed by atoms with van der Waals surface area (Å²) in [7, 11) is 0. The van der Waals surface area contributed by atoms with E-state index >= 15 is 0 Å². The van der Waals surface area contributed by atoms with Crippen LogP contribution in [0.1, 0.15) is 26.3 Å². The minimum Gasteiger partial charge on any atom is -0.486 e. The second-order valence-electron chi connectivity index (χ2n) is 5.10. The van der Waals surface area contributed by atoms with Gasteiger partial charge in [0.1, 0.15) is 13.2 Å². The molecule has 0 saturated carbocycles. The predicted octanol–water partition coefficient (Wildman–Crippen LogP) is 2.57. The molecule has 0 atom stereocenters. The van der Waals surface area contributed by atoms with Gasteiger partial charge in [-0.1, -0.05) is 11.6 Å². The molecule has 1 aromatic carbocycles. The van der Waals surface area contributed by atoms with Crippen LogP contribution >= 0.6 is 11.6 Å². The topological polar surface area (TPSA) is 54.9 Å². The molecule has 0 amide bonds. The number of nitrogens with one attached hydrogen (secondary N) is 2. The van der Waals surface area contributed by atoms with Gasteiger partial charge in [0.15, 0.2) is 17.5 Å². The lowest BCUT2D eigenvalue weighted by molar-refractivity contribution is 0.171. The number of benzene rings is 1. The van der Waals surface area contributed by atoms with Gasteiger partial charge in [-0.25, -0.2) is 4.99 Å². The predicted molar refractivity (Wildman–Crippen MR) is 85.5 cm³/mol. The molecule has 1 aromatic rings. The van der Waals surface area contributed by atoms with Crippen LogP contribution in [0.4, 0.5) is 0 Å². The zero-order valence-corrected chi connectivity index (χ0v) is 13.5. The van der Waals surface area contributed by atoms with Crippen molar-refractivity contribution in [2.75, 3.05) is 19.8 Å².